The predicted molar refractivity (Wildman–Crippen MR) is 98.6 cm³/mol. The Balaban J connectivity index is 1.88. The van der Waals surface area contributed by atoms with Crippen LogP contribution in [0, 0.1) is 41.4 Å². The second kappa shape index (κ2) is 7.95. The van der Waals surface area contributed by atoms with Crippen LogP contribution < -0.4 is 4.74 Å². The van der Waals surface area contributed by atoms with Gasteiger partial charge in [0.2, 0.25) is 6.10 Å². The van der Waals surface area contributed by atoms with Crippen LogP contribution in [0.15, 0.2) is 42.0 Å². The SMILES string of the molecule is C#CC(C#CCOc1ccccc1)OC(=O)C1C(C=C(C)C)C1(C)C. The summed E-state index contributed by atoms with van der Waals surface area (Å²) >= 11 is 0. The highest BCUT2D eigenvalue weighted by Gasteiger charge is 2.61. The van der Waals surface area contributed by atoms with Gasteiger partial charge in [-0.3, -0.25) is 4.79 Å². The largest absolute Gasteiger partial charge is 0.481 e. The third kappa shape index (κ3) is 4.91. The molecule has 25 heavy (non-hydrogen) atoms. The Kier molecular flexibility index (Phi) is 5.94. The molecule has 1 aromatic rings. The Hall–Kier alpha value is -2.65. The Bertz CT molecular complexity index is 737. The minimum atomic E-state index is -0.851. The minimum Gasteiger partial charge on any atom is -0.481 e. The number of hydrogen-bond donors (Lipinski definition) is 0. The molecule has 1 saturated carbocycles. The molecule has 0 aromatic heterocycles. The maximum absolute atomic E-state index is 12.4. The number of allylic oxidation sites excluding steroid dienone is 2. The zero-order valence-corrected chi connectivity index (χ0v) is 15.2. The fourth-order valence-electron chi connectivity index (χ4n) is 2.86. The Labute approximate surface area is 150 Å². The number of hydrogen-bond acceptors (Lipinski definition) is 3. The first-order valence-electron chi connectivity index (χ1n) is 8.34. The van der Waals surface area contributed by atoms with Gasteiger partial charge in [-0.1, -0.05) is 49.6 Å². The summed E-state index contributed by atoms with van der Waals surface area (Å²) in [7, 11) is 0. The van der Waals surface area contributed by atoms with Crippen molar-refractivity contribution >= 4 is 5.97 Å². The highest BCUT2D eigenvalue weighted by Crippen LogP contribution is 2.59. The number of terminal acetylenes is 1. The fraction of sp³-hybridized carbons (Fsp3) is 0.409. The topological polar surface area (TPSA) is 35.5 Å². The van der Waals surface area contributed by atoms with Crippen molar-refractivity contribution in [3.05, 3.63) is 42.0 Å². The molecule has 3 heteroatoms. The third-order valence-corrected chi connectivity index (χ3v) is 4.35. The lowest BCUT2D eigenvalue weighted by atomic mass is 10.1. The van der Waals surface area contributed by atoms with E-state index in [-0.39, 0.29) is 29.8 Å². The molecule has 1 aromatic carbocycles. The van der Waals surface area contributed by atoms with E-state index in [9.17, 15) is 4.79 Å². The van der Waals surface area contributed by atoms with Crippen LogP contribution in [-0.2, 0) is 9.53 Å². The molecule has 0 heterocycles. The first-order chi connectivity index (χ1) is 11.9. The molecule has 3 nitrogen and oxygen atoms in total. The number of carbonyl (C=O) groups is 1. The van der Waals surface area contributed by atoms with Crippen molar-refractivity contribution in [3.8, 4) is 29.9 Å². The van der Waals surface area contributed by atoms with Crippen molar-refractivity contribution in [3.63, 3.8) is 0 Å². The molecular formula is C22H24O3. The van der Waals surface area contributed by atoms with Gasteiger partial charge < -0.3 is 9.47 Å². The smallest absolute Gasteiger partial charge is 0.312 e. The van der Waals surface area contributed by atoms with E-state index in [1.165, 1.54) is 5.57 Å². The molecular weight excluding hydrogens is 312 g/mol. The number of carbonyl (C=O) groups excluding carboxylic acids is 1. The van der Waals surface area contributed by atoms with Gasteiger partial charge in [0, 0.05) is 0 Å². The van der Waals surface area contributed by atoms with Crippen LogP contribution in [-0.4, -0.2) is 18.7 Å². The standard InChI is InChI=1S/C22H24O3/c1-6-17(13-10-14-24-18-11-8-7-9-12-18)25-21(23)20-19(15-16(2)3)22(20,4)5/h1,7-9,11-12,15,17,19-20H,14H2,2-5H3. The normalized spacial score (nSPS) is 20.9. The summed E-state index contributed by atoms with van der Waals surface area (Å²) in [6.07, 6.45) is 6.71. The fourth-order valence-corrected chi connectivity index (χ4v) is 2.86. The summed E-state index contributed by atoms with van der Waals surface area (Å²) in [6.45, 7) is 8.37. The highest BCUT2D eigenvalue weighted by atomic mass is 16.5. The van der Waals surface area contributed by atoms with Crippen LogP contribution in [0.3, 0.4) is 0 Å². The molecule has 2 rings (SSSR count). The lowest BCUT2D eigenvalue weighted by Crippen LogP contribution is -2.18. The summed E-state index contributed by atoms with van der Waals surface area (Å²) < 4.78 is 10.9. The van der Waals surface area contributed by atoms with E-state index in [0.717, 1.165) is 5.75 Å². The van der Waals surface area contributed by atoms with E-state index in [1.54, 1.807) is 0 Å². The molecule has 3 atom stereocenters. The van der Waals surface area contributed by atoms with E-state index in [1.807, 2.05) is 44.2 Å². The number of rotatable bonds is 5. The van der Waals surface area contributed by atoms with Gasteiger partial charge in [0.15, 0.2) is 0 Å². The summed E-state index contributed by atoms with van der Waals surface area (Å²) in [5.41, 5.74) is 1.09. The molecule has 1 aliphatic rings. The Morgan fingerprint density at radius 2 is 2.00 bits per heavy atom. The molecule has 1 aliphatic carbocycles. The van der Waals surface area contributed by atoms with Crippen LogP contribution in [0.2, 0.25) is 0 Å². The average molecular weight is 336 g/mol. The van der Waals surface area contributed by atoms with Gasteiger partial charge in [0.1, 0.15) is 12.4 Å². The van der Waals surface area contributed by atoms with Crippen molar-refractivity contribution in [2.75, 3.05) is 6.61 Å². The highest BCUT2D eigenvalue weighted by molar-refractivity contribution is 5.79. The maximum Gasteiger partial charge on any atom is 0.312 e. The summed E-state index contributed by atoms with van der Waals surface area (Å²) in [5, 5.41) is 0. The average Bonchev–Trinajstić information content (AvgIpc) is 3.10. The van der Waals surface area contributed by atoms with Gasteiger partial charge in [-0.2, -0.15) is 0 Å². The van der Waals surface area contributed by atoms with Crippen LogP contribution >= 0.6 is 0 Å². The molecule has 0 saturated heterocycles. The maximum atomic E-state index is 12.4. The van der Waals surface area contributed by atoms with Gasteiger partial charge in [-0.05, 0) is 49.2 Å². The second-order valence-electron chi connectivity index (χ2n) is 6.98. The Morgan fingerprint density at radius 3 is 2.60 bits per heavy atom. The second-order valence-corrected chi connectivity index (χ2v) is 6.98. The molecule has 0 bridgehead atoms. The van der Waals surface area contributed by atoms with Gasteiger partial charge in [-0.15, -0.1) is 6.42 Å². The summed E-state index contributed by atoms with van der Waals surface area (Å²) in [6, 6.07) is 9.37. The number of esters is 1. The lowest BCUT2D eigenvalue weighted by Gasteiger charge is -2.07. The van der Waals surface area contributed by atoms with Gasteiger partial charge in [0.25, 0.3) is 0 Å². The lowest BCUT2D eigenvalue weighted by molar-refractivity contribution is -0.147. The molecule has 0 radical (unpaired) electrons. The van der Waals surface area contributed by atoms with Crippen molar-refractivity contribution in [1.82, 2.24) is 0 Å². The van der Waals surface area contributed by atoms with Crippen molar-refractivity contribution < 1.29 is 14.3 Å². The number of para-hydroxylation sites is 1. The van der Waals surface area contributed by atoms with E-state index in [2.05, 4.69) is 37.7 Å². The van der Waals surface area contributed by atoms with Crippen LogP contribution in [0.4, 0.5) is 0 Å². The van der Waals surface area contributed by atoms with Gasteiger partial charge >= 0.3 is 5.97 Å². The van der Waals surface area contributed by atoms with Crippen LogP contribution in [0.25, 0.3) is 0 Å². The van der Waals surface area contributed by atoms with E-state index >= 15 is 0 Å². The summed E-state index contributed by atoms with van der Waals surface area (Å²) in [5.74, 6) is 8.46. The minimum absolute atomic E-state index is 0.0999. The molecule has 0 N–H and O–H groups in total. The zero-order valence-electron chi connectivity index (χ0n) is 15.2. The van der Waals surface area contributed by atoms with E-state index in [0.29, 0.717) is 0 Å². The van der Waals surface area contributed by atoms with Crippen molar-refractivity contribution in [1.29, 1.82) is 0 Å². The quantitative estimate of drug-likeness (QED) is 0.465. The molecule has 130 valence electrons. The first kappa shape index (κ1) is 18.7. The molecule has 0 amide bonds. The Morgan fingerprint density at radius 1 is 1.32 bits per heavy atom. The molecule has 1 fully saturated rings. The van der Waals surface area contributed by atoms with Gasteiger partial charge in [-0.25, -0.2) is 0 Å². The zero-order chi connectivity index (χ0) is 18.4. The molecule has 0 aliphatic heterocycles. The van der Waals surface area contributed by atoms with Crippen LogP contribution in [0.5, 0.6) is 5.75 Å². The van der Waals surface area contributed by atoms with Crippen molar-refractivity contribution in [2.24, 2.45) is 17.3 Å². The number of benzene rings is 1. The number of ether oxygens (including phenoxy) is 2. The third-order valence-electron chi connectivity index (χ3n) is 4.35. The summed E-state index contributed by atoms with van der Waals surface area (Å²) in [4.78, 5) is 12.4. The first-order valence-corrected chi connectivity index (χ1v) is 8.34. The van der Waals surface area contributed by atoms with Crippen LogP contribution in [0.1, 0.15) is 27.7 Å². The van der Waals surface area contributed by atoms with Crippen molar-refractivity contribution in [2.45, 2.75) is 33.8 Å². The molecule has 0 spiro atoms. The van der Waals surface area contributed by atoms with E-state index in [4.69, 9.17) is 15.9 Å². The predicted octanol–water partition coefficient (Wildman–Crippen LogP) is 3.85. The monoisotopic (exact) mass is 336 g/mol. The van der Waals surface area contributed by atoms with E-state index < -0.39 is 6.10 Å². The molecule has 3 unspecified atom stereocenters. The van der Waals surface area contributed by atoms with Gasteiger partial charge in [0.05, 0.1) is 5.92 Å².